The van der Waals surface area contributed by atoms with Crippen LogP contribution in [0.3, 0.4) is 0 Å². The summed E-state index contributed by atoms with van der Waals surface area (Å²) in [5.74, 6) is 0. The van der Waals surface area contributed by atoms with Crippen molar-refractivity contribution < 1.29 is 4.79 Å². The van der Waals surface area contributed by atoms with Crippen LogP contribution in [0.4, 0.5) is 4.79 Å². The average molecular weight is 228 g/mol. The van der Waals surface area contributed by atoms with Crippen molar-refractivity contribution in [2.45, 2.75) is 6.54 Å². The number of thiazole rings is 1. The molecule has 0 fully saturated rings. The van der Waals surface area contributed by atoms with Gasteiger partial charge in [-0.25, -0.2) is 9.78 Å². The van der Waals surface area contributed by atoms with Gasteiger partial charge in [0.1, 0.15) is 5.01 Å². The molecular formula is C9H16N4OS. The van der Waals surface area contributed by atoms with Crippen molar-refractivity contribution >= 4 is 17.4 Å². The lowest BCUT2D eigenvalue weighted by Gasteiger charge is -2.11. The Morgan fingerprint density at radius 2 is 2.33 bits per heavy atom. The van der Waals surface area contributed by atoms with Crippen molar-refractivity contribution in [3.8, 4) is 0 Å². The Hall–Kier alpha value is -1.14. The molecule has 84 valence electrons. The topological polar surface area (TPSA) is 57.3 Å². The number of carbonyl (C=O) groups is 1. The number of hydrogen-bond donors (Lipinski definition) is 2. The summed E-state index contributed by atoms with van der Waals surface area (Å²) in [5.41, 5.74) is 0. The largest absolute Gasteiger partial charge is 0.337 e. The second-order valence-corrected chi connectivity index (χ2v) is 4.21. The molecule has 0 radical (unpaired) electrons. The average Bonchev–Trinajstić information content (AvgIpc) is 2.69. The Bertz CT molecular complexity index is 286. The van der Waals surface area contributed by atoms with E-state index in [1.165, 1.54) is 4.90 Å². The minimum Gasteiger partial charge on any atom is -0.337 e. The summed E-state index contributed by atoms with van der Waals surface area (Å²) < 4.78 is 0. The first-order chi connectivity index (χ1) is 7.20. The van der Waals surface area contributed by atoms with Gasteiger partial charge in [-0.3, -0.25) is 0 Å². The van der Waals surface area contributed by atoms with Crippen LogP contribution in [0.15, 0.2) is 11.6 Å². The van der Waals surface area contributed by atoms with E-state index < -0.39 is 0 Å². The van der Waals surface area contributed by atoms with E-state index in [9.17, 15) is 4.79 Å². The number of nitrogens with zero attached hydrogens (tertiary/aromatic N) is 2. The van der Waals surface area contributed by atoms with Gasteiger partial charge in [0, 0.05) is 45.3 Å². The summed E-state index contributed by atoms with van der Waals surface area (Å²) in [4.78, 5) is 16.8. The number of urea groups is 1. The summed E-state index contributed by atoms with van der Waals surface area (Å²) in [6, 6.07) is -0.0638. The molecule has 0 spiro atoms. The molecular weight excluding hydrogens is 212 g/mol. The first-order valence-corrected chi connectivity index (χ1v) is 5.62. The molecule has 15 heavy (non-hydrogen) atoms. The maximum absolute atomic E-state index is 11.1. The number of aromatic nitrogens is 1. The molecule has 0 saturated carbocycles. The highest BCUT2D eigenvalue weighted by molar-refractivity contribution is 7.09. The van der Waals surface area contributed by atoms with Crippen molar-refractivity contribution in [1.29, 1.82) is 0 Å². The fraction of sp³-hybridized carbons (Fsp3) is 0.556. The molecule has 0 unspecified atom stereocenters. The first-order valence-electron chi connectivity index (χ1n) is 4.74. The van der Waals surface area contributed by atoms with E-state index in [-0.39, 0.29) is 6.03 Å². The zero-order valence-corrected chi connectivity index (χ0v) is 9.80. The van der Waals surface area contributed by atoms with E-state index >= 15 is 0 Å². The highest BCUT2D eigenvalue weighted by Gasteiger charge is 2.00. The van der Waals surface area contributed by atoms with E-state index in [1.807, 2.05) is 5.38 Å². The SMILES string of the molecule is CN(C)C(=O)NCCNCc1nccs1. The lowest BCUT2D eigenvalue weighted by Crippen LogP contribution is -2.38. The molecule has 0 aliphatic heterocycles. The smallest absolute Gasteiger partial charge is 0.316 e. The van der Waals surface area contributed by atoms with E-state index in [4.69, 9.17) is 0 Å². The maximum atomic E-state index is 11.1. The maximum Gasteiger partial charge on any atom is 0.316 e. The van der Waals surface area contributed by atoms with Crippen LogP contribution in [0.5, 0.6) is 0 Å². The van der Waals surface area contributed by atoms with Crippen LogP contribution >= 0.6 is 11.3 Å². The van der Waals surface area contributed by atoms with Gasteiger partial charge in [-0.05, 0) is 0 Å². The van der Waals surface area contributed by atoms with Crippen LogP contribution < -0.4 is 10.6 Å². The quantitative estimate of drug-likeness (QED) is 0.722. The third-order valence-corrected chi connectivity index (χ3v) is 2.52. The monoisotopic (exact) mass is 228 g/mol. The van der Waals surface area contributed by atoms with Gasteiger partial charge in [0.2, 0.25) is 0 Å². The third-order valence-electron chi connectivity index (χ3n) is 1.74. The second-order valence-electron chi connectivity index (χ2n) is 3.23. The van der Waals surface area contributed by atoms with E-state index in [1.54, 1.807) is 31.6 Å². The van der Waals surface area contributed by atoms with Gasteiger partial charge in [0.25, 0.3) is 0 Å². The molecule has 6 heteroatoms. The van der Waals surface area contributed by atoms with Crippen LogP contribution in [0.2, 0.25) is 0 Å². The highest BCUT2D eigenvalue weighted by Crippen LogP contribution is 2.01. The summed E-state index contributed by atoms with van der Waals surface area (Å²) in [6.45, 7) is 2.14. The van der Waals surface area contributed by atoms with Gasteiger partial charge >= 0.3 is 6.03 Å². The van der Waals surface area contributed by atoms with Crippen molar-refractivity contribution in [3.63, 3.8) is 0 Å². The summed E-state index contributed by atoms with van der Waals surface area (Å²) in [5, 5.41) is 8.98. The van der Waals surface area contributed by atoms with E-state index in [2.05, 4.69) is 15.6 Å². The van der Waals surface area contributed by atoms with Gasteiger partial charge < -0.3 is 15.5 Å². The fourth-order valence-electron chi connectivity index (χ4n) is 0.952. The molecule has 1 aromatic heterocycles. The molecule has 0 bridgehead atoms. The third kappa shape index (κ3) is 4.75. The molecule has 0 saturated heterocycles. The van der Waals surface area contributed by atoms with Crippen LogP contribution in [0, 0.1) is 0 Å². The van der Waals surface area contributed by atoms with Gasteiger partial charge in [0.15, 0.2) is 0 Å². The van der Waals surface area contributed by atoms with Gasteiger partial charge in [-0.2, -0.15) is 0 Å². The number of rotatable bonds is 5. The minimum atomic E-state index is -0.0638. The number of amides is 2. The predicted molar refractivity (Wildman–Crippen MR) is 60.9 cm³/mol. The molecule has 2 amide bonds. The van der Waals surface area contributed by atoms with Gasteiger partial charge in [-0.1, -0.05) is 0 Å². The van der Waals surface area contributed by atoms with Crippen LogP contribution in [0.1, 0.15) is 5.01 Å². The van der Waals surface area contributed by atoms with Gasteiger partial charge in [-0.15, -0.1) is 11.3 Å². The summed E-state index contributed by atoms with van der Waals surface area (Å²) >= 11 is 1.62. The number of nitrogens with one attached hydrogen (secondary N) is 2. The lowest BCUT2D eigenvalue weighted by atomic mass is 10.5. The molecule has 1 heterocycles. The van der Waals surface area contributed by atoms with Crippen molar-refractivity contribution in [2.24, 2.45) is 0 Å². The zero-order chi connectivity index (χ0) is 11.1. The standard InChI is InChI=1S/C9H16N4OS/c1-13(2)9(14)12-4-3-10-7-8-11-5-6-15-8/h5-6,10H,3-4,7H2,1-2H3,(H,12,14). The van der Waals surface area contributed by atoms with E-state index in [0.29, 0.717) is 6.54 Å². The van der Waals surface area contributed by atoms with Crippen LogP contribution in [-0.2, 0) is 6.54 Å². The summed E-state index contributed by atoms with van der Waals surface area (Å²) in [6.07, 6.45) is 1.79. The van der Waals surface area contributed by atoms with Crippen LogP contribution in [0.25, 0.3) is 0 Å². The Morgan fingerprint density at radius 1 is 1.53 bits per heavy atom. The molecule has 0 aliphatic carbocycles. The highest BCUT2D eigenvalue weighted by atomic mass is 32.1. The van der Waals surface area contributed by atoms with E-state index in [0.717, 1.165) is 18.1 Å². The number of carbonyl (C=O) groups excluding carboxylic acids is 1. The predicted octanol–water partition coefficient (Wildman–Crippen LogP) is 0.504. The van der Waals surface area contributed by atoms with Crippen molar-refractivity contribution in [2.75, 3.05) is 27.2 Å². The molecule has 5 nitrogen and oxygen atoms in total. The molecule has 0 atom stereocenters. The van der Waals surface area contributed by atoms with Crippen LogP contribution in [-0.4, -0.2) is 43.1 Å². The lowest BCUT2D eigenvalue weighted by molar-refractivity contribution is 0.217. The Kier molecular flexibility index (Phi) is 5.06. The molecule has 1 rings (SSSR count). The number of hydrogen-bond acceptors (Lipinski definition) is 4. The summed E-state index contributed by atoms with van der Waals surface area (Å²) in [7, 11) is 3.44. The Morgan fingerprint density at radius 3 is 2.93 bits per heavy atom. The molecule has 0 aromatic carbocycles. The second kappa shape index (κ2) is 6.36. The normalized spacial score (nSPS) is 10.0. The van der Waals surface area contributed by atoms with Crippen molar-refractivity contribution in [3.05, 3.63) is 16.6 Å². The fourth-order valence-corrected chi connectivity index (χ4v) is 1.54. The Balaban J connectivity index is 2.00. The molecule has 1 aromatic rings. The molecule has 2 N–H and O–H groups in total. The zero-order valence-electron chi connectivity index (χ0n) is 8.99. The molecule has 0 aliphatic rings. The van der Waals surface area contributed by atoms with Crippen molar-refractivity contribution in [1.82, 2.24) is 20.5 Å². The minimum absolute atomic E-state index is 0.0638. The Labute approximate surface area is 93.5 Å². The first kappa shape index (κ1) is 11.9. The van der Waals surface area contributed by atoms with Gasteiger partial charge in [0.05, 0.1) is 0 Å².